The number of para-hydroxylation sites is 2. The molecule has 7 nitrogen and oxygen atoms in total. The van der Waals surface area contributed by atoms with Gasteiger partial charge in [-0.3, -0.25) is 9.79 Å². The Bertz CT molecular complexity index is 895. The number of amides is 1. The van der Waals surface area contributed by atoms with E-state index >= 15 is 0 Å². The van der Waals surface area contributed by atoms with Crippen molar-refractivity contribution < 1.29 is 18.3 Å². The van der Waals surface area contributed by atoms with Gasteiger partial charge in [-0.25, -0.2) is 0 Å². The molecule has 0 saturated carbocycles. The zero-order valence-corrected chi connectivity index (χ0v) is 18.1. The van der Waals surface area contributed by atoms with Crippen LogP contribution in [0.25, 0.3) is 0 Å². The third-order valence-electron chi connectivity index (χ3n) is 5.15. The highest BCUT2D eigenvalue weighted by Gasteiger charge is 2.26. The van der Waals surface area contributed by atoms with E-state index in [1.54, 1.807) is 31.3 Å². The van der Waals surface area contributed by atoms with Crippen molar-refractivity contribution >= 4 is 17.6 Å². The highest BCUT2D eigenvalue weighted by Crippen LogP contribution is 2.31. The summed E-state index contributed by atoms with van der Waals surface area (Å²) >= 11 is 0. The van der Waals surface area contributed by atoms with Crippen molar-refractivity contribution in [3.8, 4) is 5.75 Å². The van der Waals surface area contributed by atoms with E-state index in [0.29, 0.717) is 44.2 Å². The van der Waals surface area contributed by atoms with Crippen molar-refractivity contribution in [2.75, 3.05) is 31.6 Å². The number of hydrogen-bond acceptors (Lipinski definition) is 4. The number of benzene rings is 2. The minimum Gasteiger partial charge on any atom is -0.433 e. The van der Waals surface area contributed by atoms with Crippen LogP contribution in [0.15, 0.2) is 59.6 Å². The second kappa shape index (κ2) is 11.9. The lowest BCUT2D eigenvalue weighted by Gasteiger charge is -2.22. The predicted octanol–water partition coefficient (Wildman–Crippen LogP) is 2.74. The number of rotatable bonds is 9. The molecule has 1 aliphatic rings. The lowest BCUT2D eigenvalue weighted by molar-refractivity contribution is -0.121. The molecule has 3 N–H and O–H groups in total. The molecule has 9 heteroatoms. The normalized spacial score (nSPS) is 16.2. The first kappa shape index (κ1) is 23.3. The number of carbonyl (C=O) groups excluding carboxylic acids is 1. The highest BCUT2D eigenvalue weighted by atomic mass is 19.3. The molecule has 1 amide bonds. The molecule has 1 atom stereocenters. The van der Waals surface area contributed by atoms with Gasteiger partial charge in [0.1, 0.15) is 5.75 Å². The van der Waals surface area contributed by atoms with Crippen molar-refractivity contribution in [1.29, 1.82) is 0 Å². The number of anilines is 1. The minimum atomic E-state index is -2.86. The molecule has 0 bridgehead atoms. The first-order valence-electron chi connectivity index (χ1n) is 10.6. The van der Waals surface area contributed by atoms with E-state index in [2.05, 4.69) is 25.7 Å². The number of nitrogens with zero attached hydrogens (tertiary/aromatic N) is 2. The highest BCUT2D eigenvalue weighted by molar-refractivity contribution is 5.81. The Labute approximate surface area is 186 Å². The number of aliphatic imine (C=N–C) groups is 1. The summed E-state index contributed by atoms with van der Waals surface area (Å²) in [6, 6.07) is 16.6. The van der Waals surface area contributed by atoms with Gasteiger partial charge >= 0.3 is 6.61 Å². The number of ether oxygens (including phenoxy) is 1. The van der Waals surface area contributed by atoms with Gasteiger partial charge in [0, 0.05) is 45.7 Å². The molecular weight excluding hydrogens is 416 g/mol. The Hall–Kier alpha value is -3.36. The van der Waals surface area contributed by atoms with E-state index in [-0.39, 0.29) is 17.7 Å². The van der Waals surface area contributed by atoms with Crippen LogP contribution in [0.2, 0.25) is 0 Å². The van der Waals surface area contributed by atoms with Gasteiger partial charge in [0.25, 0.3) is 0 Å². The number of hydrogen-bond donors (Lipinski definition) is 3. The van der Waals surface area contributed by atoms with E-state index in [4.69, 9.17) is 0 Å². The van der Waals surface area contributed by atoms with E-state index in [1.807, 2.05) is 35.2 Å². The maximum absolute atomic E-state index is 12.7. The van der Waals surface area contributed by atoms with Crippen LogP contribution in [0.5, 0.6) is 5.75 Å². The van der Waals surface area contributed by atoms with E-state index in [1.165, 1.54) is 0 Å². The van der Waals surface area contributed by atoms with Crippen LogP contribution in [-0.2, 0) is 11.3 Å². The molecule has 2 aromatic rings. The molecule has 0 aromatic heterocycles. The molecule has 0 radical (unpaired) electrons. The lowest BCUT2D eigenvalue weighted by Crippen LogP contribution is -2.45. The zero-order valence-electron chi connectivity index (χ0n) is 18.1. The summed E-state index contributed by atoms with van der Waals surface area (Å²) in [6.07, 6.45) is 1.14. The van der Waals surface area contributed by atoms with Crippen molar-refractivity contribution in [3.05, 3.63) is 60.2 Å². The van der Waals surface area contributed by atoms with E-state index in [9.17, 15) is 13.6 Å². The Balaban J connectivity index is 1.41. The fourth-order valence-corrected chi connectivity index (χ4v) is 3.58. The van der Waals surface area contributed by atoms with Gasteiger partial charge in [-0.05, 0) is 24.1 Å². The van der Waals surface area contributed by atoms with Crippen LogP contribution in [0.4, 0.5) is 14.5 Å². The molecule has 3 rings (SSSR count). The number of carbonyl (C=O) groups is 1. The molecule has 1 heterocycles. The first-order valence-corrected chi connectivity index (χ1v) is 10.6. The number of nitrogens with one attached hydrogen (secondary N) is 3. The second-order valence-corrected chi connectivity index (χ2v) is 7.43. The Kier molecular flexibility index (Phi) is 8.65. The van der Waals surface area contributed by atoms with Crippen molar-refractivity contribution in [1.82, 2.24) is 16.0 Å². The topological polar surface area (TPSA) is 78.0 Å². The summed E-state index contributed by atoms with van der Waals surface area (Å²) in [6.45, 7) is -0.578. The van der Waals surface area contributed by atoms with Gasteiger partial charge in [-0.1, -0.05) is 42.5 Å². The minimum absolute atomic E-state index is 0.0421. The average Bonchev–Trinajstić information content (AvgIpc) is 3.26. The molecule has 2 aromatic carbocycles. The van der Waals surface area contributed by atoms with Crippen molar-refractivity contribution in [2.45, 2.75) is 32.0 Å². The third kappa shape index (κ3) is 7.11. The molecule has 1 unspecified atom stereocenters. The fourth-order valence-electron chi connectivity index (χ4n) is 3.58. The van der Waals surface area contributed by atoms with Gasteiger partial charge in [0.15, 0.2) is 5.96 Å². The number of halogens is 2. The largest absolute Gasteiger partial charge is 0.433 e. The van der Waals surface area contributed by atoms with Crippen LogP contribution in [0.3, 0.4) is 0 Å². The van der Waals surface area contributed by atoms with Crippen molar-refractivity contribution in [3.63, 3.8) is 0 Å². The SMILES string of the molecule is CN=C(NCCC(=O)NCc1ccccc1)NC1CCN(c2ccccc2OC(F)F)C1. The smallest absolute Gasteiger partial charge is 0.387 e. The maximum Gasteiger partial charge on any atom is 0.387 e. The molecule has 1 fully saturated rings. The second-order valence-electron chi connectivity index (χ2n) is 7.43. The summed E-state index contributed by atoms with van der Waals surface area (Å²) in [7, 11) is 1.67. The Morgan fingerprint density at radius 3 is 2.66 bits per heavy atom. The third-order valence-corrected chi connectivity index (χ3v) is 5.15. The van der Waals surface area contributed by atoms with Crippen molar-refractivity contribution in [2.24, 2.45) is 4.99 Å². The maximum atomic E-state index is 12.7. The summed E-state index contributed by atoms with van der Waals surface area (Å²) in [4.78, 5) is 18.3. The predicted molar refractivity (Wildman–Crippen MR) is 121 cm³/mol. The van der Waals surface area contributed by atoms with Crippen LogP contribution >= 0.6 is 0 Å². The Morgan fingerprint density at radius 2 is 1.91 bits per heavy atom. The number of guanidine groups is 1. The van der Waals surface area contributed by atoms with E-state index < -0.39 is 6.61 Å². The molecule has 1 aliphatic heterocycles. The Morgan fingerprint density at radius 1 is 1.16 bits per heavy atom. The summed E-state index contributed by atoms with van der Waals surface area (Å²) in [5, 5.41) is 9.38. The molecular formula is C23H29F2N5O2. The zero-order chi connectivity index (χ0) is 22.8. The monoisotopic (exact) mass is 445 g/mol. The lowest BCUT2D eigenvalue weighted by atomic mass is 10.2. The van der Waals surface area contributed by atoms with Crippen LogP contribution in [0.1, 0.15) is 18.4 Å². The van der Waals surface area contributed by atoms with Crippen LogP contribution in [-0.4, -0.2) is 51.2 Å². The first-order chi connectivity index (χ1) is 15.5. The standard InChI is InChI=1S/C23H29F2N5O2/c1-26-23(27-13-11-21(31)28-15-17-7-3-2-4-8-17)29-18-12-14-30(16-18)19-9-5-6-10-20(19)32-22(24)25/h2-10,18,22H,11-16H2,1H3,(H,28,31)(H2,26,27,29). The molecule has 172 valence electrons. The molecule has 1 saturated heterocycles. The fraction of sp³-hybridized carbons (Fsp3) is 0.391. The quantitative estimate of drug-likeness (QED) is 0.409. The van der Waals surface area contributed by atoms with Gasteiger partial charge in [0.2, 0.25) is 5.91 Å². The summed E-state index contributed by atoms with van der Waals surface area (Å²) in [5.74, 6) is 0.733. The van der Waals surface area contributed by atoms with Gasteiger partial charge in [-0.15, -0.1) is 0 Å². The van der Waals surface area contributed by atoms with Gasteiger partial charge in [0.05, 0.1) is 5.69 Å². The molecule has 32 heavy (non-hydrogen) atoms. The summed E-state index contributed by atoms with van der Waals surface area (Å²) < 4.78 is 30.0. The van der Waals surface area contributed by atoms with Crippen LogP contribution in [0, 0.1) is 0 Å². The van der Waals surface area contributed by atoms with Gasteiger partial charge < -0.3 is 25.6 Å². The van der Waals surface area contributed by atoms with E-state index in [0.717, 1.165) is 12.0 Å². The summed E-state index contributed by atoms with van der Waals surface area (Å²) in [5.41, 5.74) is 1.70. The van der Waals surface area contributed by atoms with Crippen LogP contribution < -0.4 is 25.6 Å². The number of alkyl halides is 2. The average molecular weight is 446 g/mol. The molecule has 0 aliphatic carbocycles. The van der Waals surface area contributed by atoms with Gasteiger partial charge in [-0.2, -0.15) is 8.78 Å². The molecule has 0 spiro atoms.